The maximum absolute atomic E-state index is 5.79. The van der Waals surface area contributed by atoms with E-state index in [1.165, 1.54) is 0 Å². The van der Waals surface area contributed by atoms with E-state index in [4.69, 9.17) is 11.6 Å². The Kier molecular flexibility index (Phi) is 3.21. The van der Waals surface area contributed by atoms with Gasteiger partial charge in [-0.25, -0.2) is 0 Å². The number of rotatable bonds is 2. The average Bonchev–Trinajstić information content (AvgIpc) is 1.98. The van der Waals surface area contributed by atoms with E-state index in [-0.39, 0.29) is 0 Å². The number of nitrogens with one attached hydrogen (secondary N) is 1. The SMILES string of the molecule is CCNc1cc(Cl)ccc1Br. The first kappa shape index (κ1) is 8.88. The van der Waals surface area contributed by atoms with Crippen molar-refractivity contribution in [1.82, 2.24) is 0 Å². The minimum atomic E-state index is 0.754. The molecule has 0 saturated carbocycles. The van der Waals surface area contributed by atoms with Gasteiger partial charge in [-0.1, -0.05) is 11.6 Å². The summed E-state index contributed by atoms with van der Waals surface area (Å²) in [6, 6.07) is 5.68. The van der Waals surface area contributed by atoms with Crippen LogP contribution in [0.2, 0.25) is 5.02 Å². The Hall–Kier alpha value is -0.210. The second kappa shape index (κ2) is 3.98. The third-order valence-corrected chi connectivity index (χ3v) is 2.22. The van der Waals surface area contributed by atoms with Crippen LogP contribution in [0.15, 0.2) is 22.7 Å². The number of benzene rings is 1. The first-order valence-electron chi connectivity index (χ1n) is 3.43. The second-order valence-corrected chi connectivity index (χ2v) is 3.45. The maximum Gasteiger partial charge on any atom is 0.0499 e. The molecule has 0 atom stereocenters. The molecule has 1 nitrogen and oxygen atoms in total. The van der Waals surface area contributed by atoms with E-state index in [0.717, 1.165) is 21.7 Å². The highest BCUT2D eigenvalue weighted by molar-refractivity contribution is 9.10. The highest BCUT2D eigenvalue weighted by atomic mass is 79.9. The minimum Gasteiger partial charge on any atom is -0.384 e. The summed E-state index contributed by atoms with van der Waals surface area (Å²) in [7, 11) is 0. The molecule has 11 heavy (non-hydrogen) atoms. The lowest BCUT2D eigenvalue weighted by Crippen LogP contribution is -1.96. The van der Waals surface area contributed by atoms with Crippen molar-refractivity contribution in [2.24, 2.45) is 0 Å². The molecule has 1 N–H and O–H groups in total. The molecule has 1 aromatic rings. The third kappa shape index (κ3) is 2.38. The molecule has 0 spiro atoms. The van der Waals surface area contributed by atoms with Gasteiger partial charge in [-0.3, -0.25) is 0 Å². The molecular formula is C8H9BrClN. The lowest BCUT2D eigenvalue weighted by Gasteiger charge is -2.05. The lowest BCUT2D eigenvalue weighted by atomic mass is 10.3. The zero-order valence-electron chi connectivity index (χ0n) is 6.20. The summed E-state index contributed by atoms with van der Waals surface area (Å²) in [5, 5.41) is 3.94. The van der Waals surface area contributed by atoms with Crippen molar-refractivity contribution in [2.75, 3.05) is 11.9 Å². The predicted molar refractivity (Wildman–Crippen MR) is 53.3 cm³/mol. The molecule has 0 bridgehead atoms. The van der Waals surface area contributed by atoms with E-state index in [1.54, 1.807) is 0 Å². The van der Waals surface area contributed by atoms with Crippen molar-refractivity contribution in [2.45, 2.75) is 6.92 Å². The van der Waals surface area contributed by atoms with Crippen molar-refractivity contribution >= 4 is 33.2 Å². The van der Waals surface area contributed by atoms with Crippen molar-refractivity contribution in [1.29, 1.82) is 0 Å². The molecular weight excluding hydrogens is 225 g/mol. The van der Waals surface area contributed by atoms with Crippen LogP contribution >= 0.6 is 27.5 Å². The first-order chi connectivity index (χ1) is 5.24. The summed E-state index contributed by atoms with van der Waals surface area (Å²) in [5.41, 5.74) is 1.04. The fourth-order valence-electron chi connectivity index (χ4n) is 0.823. The van der Waals surface area contributed by atoms with E-state index in [2.05, 4.69) is 21.2 Å². The fraction of sp³-hybridized carbons (Fsp3) is 0.250. The monoisotopic (exact) mass is 233 g/mol. The summed E-state index contributed by atoms with van der Waals surface area (Å²) >= 11 is 9.20. The van der Waals surface area contributed by atoms with E-state index in [1.807, 2.05) is 25.1 Å². The second-order valence-electron chi connectivity index (χ2n) is 2.15. The van der Waals surface area contributed by atoms with Gasteiger partial charge >= 0.3 is 0 Å². The summed E-state index contributed by atoms with van der Waals surface area (Å²) in [5.74, 6) is 0. The topological polar surface area (TPSA) is 12.0 Å². The van der Waals surface area contributed by atoms with Crippen molar-refractivity contribution in [3.8, 4) is 0 Å². The molecule has 3 heteroatoms. The molecule has 0 amide bonds. The normalized spacial score (nSPS) is 9.73. The molecule has 0 fully saturated rings. The van der Waals surface area contributed by atoms with Crippen LogP contribution in [0.3, 0.4) is 0 Å². The molecule has 0 aliphatic heterocycles. The minimum absolute atomic E-state index is 0.754. The van der Waals surface area contributed by atoms with Crippen molar-refractivity contribution in [3.05, 3.63) is 27.7 Å². The number of hydrogen-bond donors (Lipinski definition) is 1. The van der Waals surface area contributed by atoms with Gasteiger partial charge in [0.25, 0.3) is 0 Å². The Morgan fingerprint density at radius 3 is 2.91 bits per heavy atom. The van der Waals surface area contributed by atoms with Gasteiger partial charge < -0.3 is 5.32 Å². The summed E-state index contributed by atoms with van der Waals surface area (Å²) in [6.45, 7) is 2.95. The Labute approximate surface area is 79.9 Å². The zero-order chi connectivity index (χ0) is 8.27. The number of anilines is 1. The third-order valence-electron chi connectivity index (χ3n) is 1.30. The Morgan fingerprint density at radius 1 is 1.55 bits per heavy atom. The summed E-state index contributed by atoms with van der Waals surface area (Å²) < 4.78 is 1.05. The Morgan fingerprint density at radius 2 is 2.27 bits per heavy atom. The fourth-order valence-corrected chi connectivity index (χ4v) is 1.38. The average molecular weight is 235 g/mol. The summed E-state index contributed by atoms with van der Waals surface area (Å²) in [6.07, 6.45) is 0. The van der Waals surface area contributed by atoms with Crippen LogP contribution in [-0.2, 0) is 0 Å². The highest BCUT2D eigenvalue weighted by Gasteiger charge is 1.97. The van der Waals surface area contributed by atoms with Crippen LogP contribution in [0.5, 0.6) is 0 Å². The molecule has 0 unspecified atom stereocenters. The Bertz CT molecular complexity index is 250. The molecule has 1 rings (SSSR count). The van der Waals surface area contributed by atoms with Gasteiger partial charge in [0.2, 0.25) is 0 Å². The molecule has 0 saturated heterocycles. The molecule has 0 radical (unpaired) electrons. The first-order valence-corrected chi connectivity index (χ1v) is 4.60. The largest absolute Gasteiger partial charge is 0.384 e. The van der Waals surface area contributed by atoms with Crippen LogP contribution in [0.25, 0.3) is 0 Å². The van der Waals surface area contributed by atoms with E-state index >= 15 is 0 Å². The van der Waals surface area contributed by atoms with Gasteiger partial charge in [0, 0.05) is 21.7 Å². The van der Waals surface area contributed by atoms with Crippen LogP contribution in [0, 0.1) is 0 Å². The van der Waals surface area contributed by atoms with Gasteiger partial charge in [0.15, 0.2) is 0 Å². The highest BCUT2D eigenvalue weighted by Crippen LogP contribution is 2.25. The van der Waals surface area contributed by atoms with Gasteiger partial charge in [-0.05, 0) is 41.1 Å². The lowest BCUT2D eigenvalue weighted by molar-refractivity contribution is 1.21. The predicted octanol–water partition coefficient (Wildman–Crippen LogP) is 3.53. The van der Waals surface area contributed by atoms with Crippen molar-refractivity contribution in [3.63, 3.8) is 0 Å². The van der Waals surface area contributed by atoms with Gasteiger partial charge in [-0.2, -0.15) is 0 Å². The molecule has 60 valence electrons. The number of halogens is 2. The Balaban J connectivity index is 2.93. The summed E-state index contributed by atoms with van der Waals surface area (Å²) in [4.78, 5) is 0. The van der Waals surface area contributed by atoms with Gasteiger partial charge in [-0.15, -0.1) is 0 Å². The molecule has 0 aliphatic rings. The van der Waals surface area contributed by atoms with E-state index < -0.39 is 0 Å². The quantitative estimate of drug-likeness (QED) is 0.825. The standard InChI is InChI=1S/C8H9BrClN/c1-2-11-8-5-6(10)3-4-7(8)9/h3-5,11H,2H2,1H3. The van der Waals surface area contributed by atoms with Crippen LogP contribution in [0.1, 0.15) is 6.92 Å². The smallest absolute Gasteiger partial charge is 0.0499 e. The molecule has 0 aliphatic carbocycles. The molecule has 0 heterocycles. The van der Waals surface area contributed by atoms with Gasteiger partial charge in [0.05, 0.1) is 0 Å². The van der Waals surface area contributed by atoms with Crippen molar-refractivity contribution < 1.29 is 0 Å². The van der Waals surface area contributed by atoms with E-state index in [9.17, 15) is 0 Å². The molecule has 0 aromatic heterocycles. The van der Waals surface area contributed by atoms with Gasteiger partial charge in [0.1, 0.15) is 0 Å². The zero-order valence-corrected chi connectivity index (χ0v) is 8.54. The van der Waals surface area contributed by atoms with Crippen LogP contribution in [0.4, 0.5) is 5.69 Å². The van der Waals surface area contributed by atoms with Crippen LogP contribution in [-0.4, -0.2) is 6.54 Å². The number of hydrogen-bond acceptors (Lipinski definition) is 1. The van der Waals surface area contributed by atoms with E-state index in [0.29, 0.717) is 0 Å². The van der Waals surface area contributed by atoms with Crippen LogP contribution < -0.4 is 5.32 Å². The maximum atomic E-state index is 5.79. The molecule has 1 aromatic carbocycles.